The van der Waals surface area contributed by atoms with E-state index in [1.54, 1.807) is 36.6 Å². The van der Waals surface area contributed by atoms with Gasteiger partial charge in [-0.3, -0.25) is 4.79 Å². The van der Waals surface area contributed by atoms with E-state index >= 15 is 0 Å². The van der Waals surface area contributed by atoms with Crippen molar-refractivity contribution in [2.75, 3.05) is 0 Å². The van der Waals surface area contributed by atoms with E-state index in [2.05, 4.69) is 9.97 Å². The van der Waals surface area contributed by atoms with Crippen LogP contribution in [0.3, 0.4) is 0 Å². The maximum Gasteiger partial charge on any atom is 0.345 e. The minimum atomic E-state index is -0.462. The molecule has 0 atom stereocenters. The first-order valence-corrected chi connectivity index (χ1v) is 9.47. The Bertz CT molecular complexity index is 1480. The van der Waals surface area contributed by atoms with Gasteiger partial charge >= 0.3 is 5.63 Å². The minimum Gasteiger partial charge on any atom is -0.422 e. The number of aromatic nitrogens is 3. The lowest BCUT2D eigenvalue weighted by Gasteiger charge is -2.07. The highest BCUT2D eigenvalue weighted by molar-refractivity contribution is 7.12. The normalized spacial score (nSPS) is 11.3. The molecular weight excluding hydrogens is 374 g/mol. The standard InChI is InChI=1S/C21H13N3O3S/c1-12-22-16-8-4-3-7-14(16)19(25)24(12)21-23-17(11-28-21)15-10-13-6-2-5-9-18(13)27-20(15)26/h2-11H,1H3. The Hall–Kier alpha value is -3.58. The van der Waals surface area contributed by atoms with Gasteiger partial charge in [0.05, 0.1) is 22.2 Å². The molecule has 28 heavy (non-hydrogen) atoms. The van der Waals surface area contributed by atoms with Gasteiger partial charge in [-0.05, 0) is 31.2 Å². The maximum absolute atomic E-state index is 12.9. The Labute approximate surface area is 162 Å². The van der Waals surface area contributed by atoms with Crippen molar-refractivity contribution in [3.05, 3.63) is 86.6 Å². The van der Waals surface area contributed by atoms with Crippen LogP contribution in [0, 0.1) is 6.92 Å². The molecule has 5 aromatic rings. The van der Waals surface area contributed by atoms with Gasteiger partial charge in [0.1, 0.15) is 11.4 Å². The summed E-state index contributed by atoms with van der Waals surface area (Å²) < 4.78 is 6.87. The van der Waals surface area contributed by atoms with Gasteiger partial charge in [0.15, 0.2) is 5.13 Å². The largest absolute Gasteiger partial charge is 0.422 e. The zero-order valence-corrected chi connectivity index (χ0v) is 15.6. The third-order valence-corrected chi connectivity index (χ3v) is 5.37. The first-order valence-electron chi connectivity index (χ1n) is 8.59. The summed E-state index contributed by atoms with van der Waals surface area (Å²) in [4.78, 5) is 34.4. The molecule has 3 aromatic heterocycles. The van der Waals surface area contributed by atoms with E-state index in [1.807, 2.05) is 30.3 Å². The average molecular weight is 387 g/mol. The number of fused-ring (bicyclic) bond motifs is 2. The summed E-state index contributed by atoms with van der Waals surface area (Å²) in [5.41, 5.74) is 1.36. The number of para-hydroxylation sites is 2. The Morgan fingerprint density at radius 1 is 1.00 bits per heavy atom. The second kappa shape index (κ2) is 6.24. The van der Waals surface area contributed by atoms with Crippen molar-refractivity contribution < 1.29 is 4.42 Å². The lowest BCUT2D eigenvalue weighted by molar-refractivity contribution is 0.563. The van der Waals surface area contributed by atoms with Crippen molar-refractivity contribution >= 4 is 33.2 Å². The van der Waals surface area contributed by atoms with Crippen LogP contribution in [0.5, 0.6) is 0 Å². The van der Waals surface area contributed by atoms with Crippen LogP contribution >= 0.6 is 11.3 Å². The molecular formula is C21H13N3O3S. The Morgan fingerprint density at radius 2 is 1.79 bits per heavy atom. The van der Waals surface area contributed by atoms with Crippen molar-refractivity contribution in [3.8, 4) is 16.4 Å². The highest BCUT2D eigenvalue weighted by Crippen LogP contribution is 2.25. The molecule has 0 bridgehead atoms. The van der Waals surface area contributed by atoms with Crippen LogP contribution in [0.4, 0.5) is 0 Å². The highest BCUT2D eigenvalue weighted by atomic mass is 32.1. The summed E-state index contributed by atoms with van der Waals surface area (Å²) in [6.07, 6.45) is 0. The number of benzene rings is 2. The molecule has 5 rings (SSSR count). The van der Waals surface area contributed by atoms with Gasteiger partial charge in [-0.15, -0.1) is 11.3 Å². The van der Waals surface area contributed by atoms with Crippen LogP contribution in [0.2, 0.25) is 0 Å². The van der Waals surface area contributed by atoms with Crippen LogP contribution < -0.4 is 11.2 Å². The molecule has 0 aliphatic heterocycles. The van der Waals surface area contributed by atoms with Gasteiger partial charge in [-0.2, -0.15) is 0 Å². The molecule has 0 saturated carbocycles. The Morgan fingerprint density at radius 3 is 2.68 bits per heavy atom. The molecule has 7 heteroatoms. The number of nitrogens with zero attached hydrogens (tertiary/aromatic N) is 3. The van der Waals surface area contributed by atoms with E-state index in [4.69, 9.17) is 4.42 Å². The van der Waals surface area contributed by atoms with Crippen molar-refractivity contribution in [3.63, 3.8) is 0 Å². The number of rotatable bonds is 2. The van der Waals surface area contributed by atoms with E-state index in [0.717, 1.165) is 5.39 Å². The quantitative estimate of drug-likeness (QED) is 0.429. The topological polar surface area (TPSA) is 78.0 Å². The van der Waals surface area contributed by atoms with Gasteiger partial charge in [0, 0.05) is 10.8 Å². The second-order valence-corrected chi connectivity index (χ2v) is 7.15. The fraction of sp³-hybridized carbons (Fsp3) is 0.0476. The van der Waals surface area contributed by atoms with Crippen molar-refractivity contribution in [2.45, 2.75) is 6.92 Å². The average Bonchev–Trinajstić information content (AvgIpc) is 3.17. The van der Waals surface area contributed by atoms with Crippen LogP contribution in [0.1, 0.15) is 5.82 Å². The predicted octanol–water partition coefficient (Wildman–Crippen LogP) is 3.92. The molecule has 0 fully saturated rings. The number of hydrogen-bond donors (Lipinski definition) is 0. The van der Waals surface area contributed by atoms with Gasteiger partial charge in [0.2, 0.25) is 0 Å². The Kier molecular flexibility index (Phi) is 3.70. The number of thiazole rings is 1. The summed E-state index contributed by atoms with van der Waals surface area (Å²) >= 11 is 1.28. The second-order valence-electron chi connectivity index (χ2n) is 6.32. The molecule has 0 unspecified atom stereocenters. The van der Waals surface area contributed by atoms with Gasteiger partial charge < -0.3 is 4.42 Å². The molecule has 2 aromatic carbocycles. The third kappa shape index (κ3) is 2.56. The molecule has 0 saturated heterocycles. The van der Waals surface area contributed by atoms with E-state index in [9.17, 15) is 9.59 Å². The summed E-state index contributed by atoms with van der Waals surface area (Å²) in [7, 11) is 0. The van der Waals surface area contributed by atoms with E-state index in [1.165, 1.54) is 15.9 Å². The van der Waals surface area contributed by atoms with Crippen LogP contribution in [-0.4, -0.2) is 14.5 Å². The molecule has 0 amide bonds. The zero-order valence-electron chi connectivity index (χ0n) is 14.7. The van der Waals surface area contributed by atoms with Gasteiger partial charge in [-0.25, -0.2) is 19.3 Å². The fourth-order valence-corrected chi connectivity index (χ4v) is 4.07. The first kappa shape index (κ1) is 16.6. The van der Waals surface area contributed by atoms with E-state index < -0.39 is 5.63 Å². The van der Waals surface area contributed by atoms with E-state index in [0.29, 0.717) is 38.7 Å². The molecule has 0 aliphatic carbocycles. The maximum atomic E-state index is 12.9. The van der Waals surface area contributed by atoms with Gasteiger partial charge in [-0.1, -0.05) is 30.3 Å². The summed E-state index contributed by atoms with van der Waals surface area (Å²) in [5.74, 6) is 0.537. The van der Waals surface area contributed by atoms with Gasteiger partial charge in [0.25, 0.3) is 5.56 Å². The summed E-state index contributed by atoms with van der Waals surface area (Å²) in [6.45, 7) is 1.76. The van der Waals surface area contributed by atoms with Crippen molar-refractivity contribution in [2.24, 2.45) is 0 Å². The smallest absolute Gasteiger partial charge is 0.345 e. The number of hydrogen-bond acceptors (Lipinski definition) is 6. The van der Waals surface area contributed by atoms with Crippen LogP contribution in [0.25, 0.3) is 38.3 Å². The lowest BCUT2D eigenvalue weighted by Crippen LogP contribution is -2.22. The summed E-state index contributed by atoms with van der Waals surface area (Å²) in [6, 6.07) is 16.3. The Balaban J connectivity index is 1.69. The fourth-order valence-electron chi connectivity index (χ4n) is 3.20. The van der Waals surface area contributed by atoms with Crippen molar-refractivity contribution in [1.29, 1.82) is 0 Å². The molecule has 0 radical (unpaired) electrons. The third-order valence-electron chi connectivity index (χ3n) is 4.54. The molecule has 136 valence electrons. The molecule has 6 nitrogen and oxygen atoms in total. The predicted molar refractivity (Wildman–Crippen MR) is 109 cm³/mol. The lowest BCUT2D eigenvalue weighted by atomic mass is 10.1. The number of aryl methyl sites for hydroxylation is 1. The molecule has 0 spiro atoms. The first-order chi connectivity index (χ1) is 13.6. The molecule has 0 aliphatic rings. The minimum absolute atomic E-state index is 0.186. The monoisotopic (exact) mass is 387 g/mol. The SMILES string of the molecule is Cc1nc2ccccc2c(=O)n1-c1nc(-c2cc3ccccc3oc2=O)cs1. The molecule has 0 N–H and O–H groups in total. The molecule has 3 heterocycles. The highest BCUT2D eigenvalue weighted by Gasteiger charge is 2.16. The van der Waals surface area contributed by atoms with Crippen LogP contribution in [0.15, 0.2) is 74.0 Å². The summed E-state index contributed by atoms with van der Waals surface area (Å²) in [5, 5.41) is 3.54. The van der Waals surface area contributed by atoms with Crippen LogP contribution in [-0.2, 0) is 0 Å². The van der Waals surface area contributed by atoms with E-state index in [-0.39, 0.29) is 5.56 Å². The van der Waals surface area contributed by atoms with Crippen molar-refractivity contribution in [1.82, 2.24) is 14.5 Å². The zero-order chi connectivity index (χ0) is 19.3.